The number of carbonyl (C=O) groups is 1. The van der Waals surface area contributed by atoms with E-state index in [4.69, 9.17) is 0 Å². The Morgan fingerprint density at radius 1 is 0.969 bits per heavy atom. The van der Waals surface area contributed by atoms with Crippen LogP contribution in [0.1, 0.15) is 17.0 Å². The Morgan fingerprint density at radius 3 is 2.38 bits per heavy atom. The molecular formula is C25H29N5OS. The average molecular weight is 448 g/mol. The Morgan fingerprint density at radius 2 is 1.66 bits per heavy atom. The fourth-order valence-corrected chi connectivity index (χ4v) is 4.60. The molecule has 7 heteroatoms. The molecule has 1 aromatic heterocycles. The van der Waals surface area contributed by atoms with Crippen LogP contribution in [-0.2, 0) is 11.3 Å². The van der Waals surface area contributed by atoms with E-state index in [0.717, 1.165) is 43.7 Å². The van der Waals surface area contributed by atoms with E-state index in [-0.39, 0.29) is 5.91 Å². The zero-order valence-electron chi connectivity index (χ0n) is 18.4. The van der Waals surface area contributed by atoms with Crippen LogP contribution in [0.15, 0.2) is 71.9 Å². The van der Waals surface area contributed by atoms with Crippen LogP contribution < -0.4 is 0 Å². The number of hydrogen-bond donors (Lipinski definition) is 0. The third-order valence-corrected chi connectivity index (χ3v) is 6.56. The van der Waals surface area contributed by atoms with Crippen LogP contribution >= 0.6 is 11.8 Å². The maximum Gasteiger partial charge on any atom is 0.233 e. The highest BCUT2D eigenvalue weighted by molar-refractivity contribution is 7.99. The van der Waals surface area contributed by atoms with E-state index < -0.39 is 0 Å². The highest BCUT2D eigenvalue weighted by Gasteiger charge is 2.21. The Labute approximate surface area is 193 Å². The number of rotatable bonds is 8. The number of benzene rings is 2. The summed E-state index contributed by atoms with van der Waals surface area (Å²) in [5.74, 6) is 1.42. The summed E-state index contributed by atoms with van der Waals surface area (Å²) >= 11 is 1.47. The molecular weight excluding hydrogens is 418 g/mol. The molecule has 1 aliphatic rings. The number of amides is 1. The first-order chi connectivity index (χ1) is 15.7. The number of nitrogens with zero attached hydrogens (tertiary/aromatic N) is 5. The Kier molecular flexibility index (Phi) is 7.74. The molecule has 0 aliphatic carbocycles. The molecule has 166 valence electrons. The molecule has 2 heterocycles. The van der Waals surface area contributed by atoms with Crippen LogP contribution in [0.4, 0.5) is 0 Å². The molecule has 0 unspecified atom stereocenters. The van der Waals surface area contributed by atoms with Crippen molar-refractivity contribution in [2.45, 2.75) is 18.6 Å². The number of piperazine rings is 1. The van der Waals surface area contributed by atoms with Crippen molar-refractivity contribution in [3.8, 4) is 0 Å². The summed E-state index contributed by atoms with van der Waals surface area (Å²) in [7, 11) is 0. The highest BCUT2D eigenvalue weighted by atomic mass is 32.2. The number of thioether (sulfide) groups is 1. The summed E-state index contributed by atoms with van der Waals surface area (Å²) in [5.41, 5.74) is 2.41. The van der Waals surface area contributed by atoms with Crippen LogP contribution in [0, 0.1) is 6.92 Å². The molecule has 0 bridgehead atoms. The first kappa shape index (κ1) is 22.3. The number of hydrogen-bond acceptors (Lipinski definition) is 5. The second-order valence-corrected chi connectivity index (χ2v) is 8.83. The van der Waals surface area contributed by atoms with Crippen molar-refractivity contribution in [3.05, 3.63) is 83.7 Å². The van der Waals surface area contributed by atoms with Gasteiger partial charge in [0.15, 0.2) is 5.16 Å². The first-order valence-corrected chi connectivity index (χ1v) is 12.0. The fourth-order valence-electron chi connectivity index (χ4n) is 3.72. The van der Waals surface area contributed by atoms with Gasteiger partial charge in [-0.3, -0.25) is 9.69 Å². The molecule has 0 radical (unpaired) electrons. The van der Waals surface area contributed by atoms with E-state index in [0.29, 0.717) is 12.3 Å². The third kappa shape index (κ3) is 6.08. The summed E-state index contributed by atoms with van der Waals surface area (Å²) in [6.45, 7) is 6.92. The fraction of sp³-hybridized carbons (Fsp3) is 0.320. The van der Waals surface area contributed by atoms with Crippen molar-refractivity contribution in [1.82, 2.24) is 24.6 Å². The first-order valence-electron chi connectivity index (χ1n) is 11.0. The molecule has 6 nitrogen and oxygen atoms in total. The predicted octanol–water partition coefficient (Wildman–Crippen LogP) is 3.58. The van der Waals surface area contributed by atoms with E-state index in [9.17, 15) is 4.79 Å². The minimum absolute atomic E-state index is 0.168. The number of carbonyl (C=O) groups excluding carboxylic acids is 1. The van der Waals surface area contributed by atoms with Gasteiger partial charge >= 0.3 is 0 Å². The second-order valence-electron chi connectivity index (χ2n) is 7.88. The van der Waals surface area contributed by atoms with Crippen molar-refractivity contribution in [1.29, 1.82) is 0 Å². The predicted molar refractivity (Wildman–Crippen MR) is 130 cm³/mol. The SMILES string of the molecule is Cc1nnc(SCC(=O)N2CCN(C/C=C/c3ccccc3)CC2)n1Cc1ccccc1. The van der Waals surface area contributed by atoms with Gasteiger partial charge in [0, 0.05) is 32.7 Å². The van der Waals surface area contributed by atoms with Crippen LogP contribution in [0.2, 0.25) is 0 Å². The molecule has 0 atom stereocenters. The molecule has 1 amide bonds. The zero-order valence-corrected chi connectivity index (χ0v) is 19.2. The lowest BCUT2D eigenvalue weighted by atomic mass is 10.2. The van der Waals surface area contributed by atoms with Crippen molar-refractivity contribution in [2.75, 3.05) is 38.5 Å². The van der Waals surface area contributed by atoms with E-state index in [1.165, 1.54) is 22.9 Å². The van der Waals surface area contributed by atoms with Crippen molar-refractivity contribution in [3.63, 3.8) is 0 Å². The monoisotopic (exact) mass is 447 g/mol. The maximum atomic E-state index is 12.8. The van der Waals surface area contributed by atoms with Gasteiger partial charge in [-0.15, -0.1) is 10.2 Å². The van der Waals surface area contributed by atoms with Crippen molar-refractivity contribution in [2.24, 2.45) is 0 Å². The summed E-state index contributed by atoms with van der Waals surface area (Å²) in [6.07, 6.45) is 4.35. The summed E-state index contributed by atoms with van der Waals surface area (Å²) in [6, 6.07) is 20.6. The molecule has 1 fully saturated rings. The van der Waals surface area contributed by atoms with E-state index in [1.54, 1.807) is 0 Å². The molecule has 2 aromatic carbocycles. The number of aryl methyl sites for hydroxylation is 1. The molecule has 1 saturated heterocycles. The molecule has 1 aliphatic heterocycles. The van der Waals surface area contributed by atoms with Crippen LogP contribution in [-0.4, -0.2) is 68.9 Å². The standard InChI is InChI=1S/C25H29N5OS/c1-21-26-27-25(30(21)19-23-11-6-3-7-12-23)32-20-24(31)29-17-15-28(16-18-29)14-8-13-22-9-4-2-5-10-22/h2-13H,14-20H2,1H3/b13-8+. The Bertz CT molecular complexity index is 1030. The van der Waals surface area contributed by atoms with Gasteiger partial charge in [-0.2, -0.15) is 0 Å². The van der Waals surface area contributed by atoms with Gasteiger partial charge in [0.1, 0.15) is 5.82 Å². The van der Waals surface area contributed by atoms with Gasteiger partial charge in [0.05, 0.1) is 12.3 Å². The maximum absolute atomic E-state index is 12.8. The Hall–Kier alpha value is -2.90. The van der Waals surface area contributed by atoms with Gasteiger partial charge in [0.25, 0.3) is 0 Å². The summed E-state index contributed by atoms with van der Waals surface area (Å²) < 4.78 is 2.07. The average Bonchev–Trinajstić information content (AvgIpc) is 3.18. The minimum atomic E-state index is 0.168. The second kappa shape index (κ2) is 11.1. The van der Waals surface area contributed by atoms with Gasteiger partial charge in [0.2, 0.25) is 5.91 Å². The number of aromatic nitrogens is 3. The molecule has 32 heavy (non-hydrogen) atoms. The zero-order chi connectivity index (χ0) is 22.2. The molecule has 3 aromatic rings. The van der Waals surface area contributed by atoms with Crippen LogP contribution in [0.3, 0.4) is 0 Å². The normalized spacial score (nSPS) is 14.8. The quantitative estimate of drug-likeness (QED) is 0.494. The molecule has 0 spiro atoms. The van der Waals surface area contributed by atoms with Gasteiger partial charge in [-0.1, -0.05) is 84.6 Å². The van der Waals surface area contributed by atoms with Crippen molar-refractivity contribution >= 4 is 23.7 Å². The van der Waals surface area contributed by atoms with Gasteiger partial charge in [-0.25, -0.2) is 0 Å². The largest absolute Gasteiger partial charge is 0.339 e. The van der Waals surface area contributed by atoms with E-state index in [1.807, 2.05) is 48.2 Å². The smallest absolute Gasteiger partial charge is 0.233 e. The minimum Gasteiger partial charge on any atom is -0.339 e. The molecule has 0 N–H and O–H groups in total. The van der Waals surface area contributed by atoms with Crippen LogP contribution in [0.5, 0.6) is 0 Å². The molecule has 4 rings (SSSR count). The Balaban J connectivity index is 1.23. The lowest BCUT2D eigenvalue weighted by molar-refractivity contribution is -0.130. The molecule has 0 saturated carbocycles. The summed E-state index contributed by atoms with van der Waals surface area (Å²) in [4.78, 5) is 17.1. The van der Waals surface area contributed by atoms with E-state index in [2.05, 4.69) is 56.1 Å². The third-order valence-electron chi connectivity index (χ3n) is 5.61. The van der Waals surface area contributed by atoms with E-state index >= 15 is 0 Å². The lowest BCUT2D eigenvalue weighted by Gasteiger charge is -2.34. The lowest BCUT2D eigenvalue weighted by Crippen LogP contribution is -2.49. The summed E-state index contributed by atoms with van der Waals surface area (Å²) in [5, 5.41) is 9.30. The highest BCUT2D eigenvalue weighted by Crippen LogP contribution is 2.19. The van der Waals surface area contributed by atoms with Crippen LogP contribution in [0.25, 0.3) is 6.08 Å². The van der Waals surface area contributed by atoms with Gasteiger partial charge in [-0.05, 0) is 18.1 Å². The topological polar surface area (TPSA) is 54.3 Å². The van der Waals surface area contributed by atoms with Crippen molar-refractivity contribution < 1.29 is 4.79 Å². The van der Waals surface area contributed by atoms with Gasteiger partial charge < -0.3 is 9.47 Å².